The minimum Gasteiger partial charge on any atom is -0.496 e. The molecule has 0 N–H and O–H groups in total. The fraction of sp³-hybridized carbons (Fsp3) is 0.400. The Morgan fingerprint density at radius 3 is 2.42 bits per heavy atom. The van der Waals surface area contributed by atoms with Crippen LogP contribution in [0.4, 0.5) is 0 Å². The lowest BCUT2D eigenvalue weighted by Crippen LogP contribution is -2.23. The molecule has 4 heteroatoms. The molecule has 2 atom stereocenters. The molecule has 3 rings (SSSR count). The first-order chi connectivity index (χ1) is 11.6. The fourth-order valence-corrected chi connectivity index (χ4v) is 3.29. The SMILES string of the molecule is COc1cc(OC)c2c(c1OCc1ccccc1)C[C@H](C)O[C@H]2C. The van der Waals surface area contributed by atoms with E-state index in [9.17, 15) is 0 Å². The summed E-state index contributed by atoms with van der Waals surface area (Å²) in [6.07, 6.45) is 0.865. The topological polar surface area (TPSA) is 36.9 Å². The Labute approximate surface area is 143 Å². The molecule has 0 bridgehead atoms. The molecule has 1 aliphatic heterocycles. The molecule has 128 valence electrons. The van der Waals surface area contributed by atoms with E-state index in [4.69, 9.17) is 18.9 Å². The average molecular weight is 328 g/mol. The Balaban J connectivity index is 2.02. The number of rotatable bonds is 5. The van der Waals surface area contributed by atoms with Crippen LogP contribution in [0.2, 0.25) is 0 Å². The molecule has 0 saturated carbocycles. The van der Waals surface area contributed by atoms with Gasteiger partial charge in [0, 0.05) is 23.6 Å². The number of ether oxygens (including phenoxy) is 4. The van der Waals surface area contributed by atoms with Crippen molar-refractivity contribution in [3.05, 3.63) is 53.1 Å². The molecular formula is C20H24O4. The van der Waals surface area contributed by atoms with Gasteiger partial charge >= 0.3 is 0 Å². The number of hydrogen-bond acceptors (Lipinski definition) is 4. The van der Waals surface area contributed by atoms with Gasteiger partial charge in [-0.05, 0) is 19.4 Å². The highest BCUT2D eigenvalue weighted by Gasteiger charge is 2.30. The Bertz CT molecular complexity index is 697. The van der Waals surface area contributed by atoms with Crippen LogP contribution < -0.4 is 14.2 Å². The van der Waals surface area contributed by atoms with Crippen LogP contribution in [0, 0.1) is 0 Å². The maximum absolute atomic E-state index is 6.17. The zero-order chi connectivity index (χ0) is 17.1. The van der Waals surface area contributed by atoms with Crippen LogP contribution in [-0.4, -0.2) is 20.3 Å². The second kappa shape index (κ2) is 7.14. The van der Waals surface area contributed by atoms with Crippen LogP contribution in [0.1, 0.15) is 36.6 Å². The van der Waals surface area contributed by atoms with Crippen LogP contribution in [-0.2, 0) is 17.8 Å². The van der Waals surface area contributed by atoms with Gasteiger partial charge in [-0.15, -0.1) is 0 Å². The molecule has 4 nitrogen and oxygen atoms in total. The van der Waals surface area contributed by atoms with E-state index in [1.54, 1.807) is 14.2 Å². The fourth-order valence-electron chi connectivity index (χ4n) is 3.29. The van der Waals surface area contributed by atoms with Crippen molar-refractivity contribution in [3.8, 4) is 17.2 Å². The van der Waals surface area contributed by atoms with Gasteiger partial charge in [0.05, 0.1) is 26.4 Å². The van der Waals surface area contributed by atoms with E-state index in [1.165, 1.54) is 0 Å². The summed E-state index contributed by atoms with van der Waals surface area (Å²) in [6.45, 7) is 4.62. The van der Waals surface area contributed by atoms with Crippen molar-refractivity contribution in [1.29, 1.82) is 0 Å². The Kier molecular flexibility index (Phi) is 4.95. The van der Waals surface area contributed by atoms with Gasteiger partial charge in [-0.25, -0.2) is 0 Å². The van der Waals surface area contributed by atoms with Gasteiger partial charge in [0.15, 0.2) is 11.5 Å². The van der Waals surface area contributed by atoms with Gasteiger partial charge in [0.2, 0.25) is 0 Å². The molecular weight excluding hydrogens is 304 g/mol. The summed E-state index contributed by atoms with van der Waals surface area (Å²) in [6, 6.07) is 12.0. The van der Waals surface area contributed by atoms with Crippen LogP contribution in [0.15, 0.2) is 36.4 Å². The Hall–Kier alpha value is -2.20. The van der Waals surface area contributed by atoms with E-state index in [1.807, 2.05) is 31.2 Å². The predicted molar refractivity (Wildman–Crippen MR) is 93.0 cm³/mol. The van der Waals surface area contributed by atoms with Crippen molar-refractivity contribution in [3.63, 3.8) is 0 Å². The molecule has 2 aromatic carbocycles. The van der Waals surface area contributed by atoms with Crippen molar-refractivity contribution >= 4 is 0 Å². The number of hydrogen-bond donors (Lipinski definition) is 0. The third kappa shape index (κ3) is 3.20. The van der Waals surface area contributed by atoms with Crippen molar-refractivity contribution in [2.24, 2.45) is 0 Å². The summed E-state index contributed by atoms with van der Waals surface area (Å²) < 4.78 is 23.3. The first-order valence-corrected chi connectivity index (χ1v) is 8.24. The van der Waals surface area contributed by atoms with Gasteiger partial charge in [0.25, 0.3) is 0 Å². The molecule has 1 heterocycles. The van der Waals surface area contributed by atoms with Crippen molar-refractivity contribution in [2.45, 2.75) is 39.1 Å². The smallest absolute Gasteiger partial charge is 0.165 e. The maximum atomic E-state index is 6.17. The van der Waals surface area contributed by atoms with E-state index in [2.05, 4.69) is 19.1 Å². The van der Waals surface area contributed by atoms with Crippen molar-refractivity contribution in [2.75, 3.05) is 14.2 Å². The molecule has 0 unspecified atom stereocenters. The number of methoxy groups -OCH3 is 2. The number of benzene rings is 2. The van der Waals surface area contributed by atoms with Crippen LogP contribution in [0.5, 0.6) is 17.2 Å². The van der Waals surface area contributed by atoms with E-state index in [-0.39, 0.29) is 12.2 Å². The highest BCUT2D eigenvalue weighted by atomic mass is 16.5. The normalized spacial score (nSPS) is 19.5. The van der Waals surface area contributed by atoms with Crippen molar-refractivity contribution < 1.29 is 18.9 Å². The molecule has 0 amide bonds. The molecule has 0 radical (unpaired) electrons. The highest BCUT2D eigenvalue weighted by Crippen LogP contribution is 2.46. The summed E-state index contributed by atoms with van der Waals surface area (Å²) >= 11 is 0. The maximum Gasteiger partial charge on any atom is 0.165 e. The van der Waals surface area contributed by atoms with Crippen LogP contribution in [0.25, 0.3) is 0 Å². The van der Waals surface area contributed by atoms with E-state index >= 15 is 0 Å². The van der Waals surface area contributed by atoms with Crippen LogP contribution >= 0.6 is 0 Å². The lowest BCUT2D eigenvalue weighted by Gasteiger charge is -2.31. The molecule has 0 fully saturated rings. The first-order valence-electron chi connectivity index (χ1n) is 8.24. The summed E-state index contributed by atoms with van der Waals surface area (Å²) in [5, 5.41) is 0. The van der Waals surface area contributed by atoms with Crippen LogP contribution in [0.3, 0.4) is 0 Å². The van der Waals surface area contributed by atoms with E-state index in [0.29, 0.717) is 12.4 Å². The summed E-state index contributed by atoms with van der Waals surface area (Å²) in [5.74, 6) is 2.27. The first kappa shape index (κ1) is 16.7. The second-order valence-corrected chi connectivity index (χ2v) is 6.07. The summed E-state index contributed by atoms with van der Waals surface area (Å²) in [7, 11) is 3.33. The zero-order valence-electron chi connectivity index (χ0n) is 14.7. The van der Waals surface area contributed by atoms with E-state index < -0.39 is 0 Å². The molecule has 2 aromatic rings. The monoisotopic (exact) mass is 328 g/mol. The van der Waals surface area contributed by atoms with E-state index in [0.717, 1.165) is 34.6 Å². The quantitative estimate of drug-likeness (QED) is 0.820. The largest absolute Gasteiger partial charge is 0.496 e. The predicted octanol–water partition coefficient (Wildman–Crippen LogP) is 4.31. The van der Waals surface area contributed by atoms with Gasteiger partial charge in [-0.3, -0.25) is 0 Å². The standard InChI is InChI=1S/C20H24O4/c1-13-10-16-19(14(2)24-13)17(21-3)11-18(22-4)20(16)23-12-15-8-6-5-7-9-15/h5-9,11,13-14H,10,12H2,1-4H3/t13-,14-/m0/s1. The molecule has 0 saturated heterocycles. The average Bonchev–Trinajstić information content (AvgIpc) is 2.59. The van der Waals surface area contributed by atoms with Gasteiger partial charge < -0.3 is 18.9 Å². The number of fused-ring (bicyclic) bond motifs is 1. The highest BCUT2D eigenvalue weighted by molar-refractivity contribution is 5.59. The second-order valence-electron chi connectivity index (χ2n) is 6.07. The van der Waals surface area contributed by atoms with Gasteiger partial charge in [-0.2, -0.15) is 0 Å². The summed E-state index contributed by atoms with van der Waals surface area (Å²) in [5.41, 5.74) is 3.30. The summed E-state index contributed by atoms with van der Waals surface area (Å²) in [4.78, 5) is 0. The minimum atomic E-state index is -0.0383. The third-order valence-corrected chi connectivity index (χ3v) is 4.35. The molecule has 0 aromatic heterocycles. The van der Waals surface area contributed by atoms with Crippen molar-refractivity contribution in [1.82, 2.24) is 0 Å². The Morgan fingerprint density at radius 1 is 1.04 bits per heavy atom. The lowest BCUT2D eigenvalue weighted by atomic mass is 9.93. The van der Waals surface area contributed by atoms with Gasteiger partial charge in [0.1, 0.15) is 12.4 Å². The molecule has 0 aliphatic carbocycles. The lowest BCUT2D eigenvalue weighted by molar-refractivity contribution is -0.00704. The molecule has 1 aliphatic rings. The van der Waals surface area contributed by atoms with Gasteiger partial charge in [-0.1, -0.05) is 30.3 Å². The zero-order valence-corrected chi connectivity index (χ0v) is 14.7. The Morgan fingerprint density at radius 2 is 1.75 bits per heavy atom. The minimum absolute atomic E-state index is 0.0383. The molecule has 24 heavy (non-hydrogen) atoms. The molecule has 0 spiro atoms. The third-order valence-electron chi connectivity index (χ3n) is 4.35.